The van der Waals surface area contributed by atoms with E-state index in [1.165, 1.54) is 44.4 Å². The molecule has 6 nitrogen and oxygen atoms in total. The fourth-order valence-corrected chi connectivity index (χ4v) is 4.06. The van der Waals surface area contributed by atoms with E-state index in [0.29, 0.717) is 5.75 Å². The van der Waals surface area contributed by atoms with E-state index in [9.17, 15) is 22.0 Å². The molecule has 0 aliphatic carbocycles. The molecule has 2 unspecified atom stereocenters. The Hall–Kier alpha value is -2.52. The predicted octanol–water partition coefficient (Wildman–Crippen LogP) is 3.15. The normalized spacial score (nSPS) is 13.8. The Morgan fingerprint density at radius 1 is 1.03 bits per heavy atom. The van der Waals surface area contributed by atoms with Gasteiger partial charge in [0.05, 0.1) is 18.0 Å². The molecule has 9 heteroatoms. The molecule has 0 fully saturated rings. The number of nitrogens with one attached hydrogen (secondary N) is 2. The first kappa shape index (κ1) is 22.8. The molecule has 1 amide bonds. The Bertz CT molecular complexity index is 963. The van der Waals surface area contributed by atoms with E-state index in [2.05, 4.69) is 10.0 Å². The Kier molecular flexibility index (Phi) is 7.32. The molecule has 2 rings (SSSR count). The standard InChI is InChI=1S/C20H24F2N2O4S/c1-12(2)19(24-29(26,27)16-8-6-15(28-4)7-9-16)20(25)23-13(3)17-10-5-14(21)11-18(17)22/h5-13,19,24H,1-4H3,(H,23,25). The number of carbonyl (C=O) groups is 1. The molecule has 2 aromatic carbocycles. The molecule has 2 aromatic rings. The lowest BCUT2D eigenvalue weighted by atomic mass is 10.0. The summed E-state index contributed by atoms with van der Waals surface area (Å²) in [6, 6.07) is 6.92. The molecule has 0 saturated carbocycles. The van der Waals surface area contributed by atoms with Crippen molar-refractivity contribution in [1.29, 1.82) is 0 Å². The molecule has 2 atom stereocenters. The van der Waals surface area contributed by atoms with Gasteiger partial charge < -0.3 is 10.1 Å². The summed E-state index contributed by atoms with van der Waals surface area (Å²) in [7, 11) is -2.51. The third-order valence-electron chi connectivity index (χ3n) is 4.39. The predicted molar refractivity (Wildman–Crippen MR) is 105 cm³/mol. The van der Waals surface area contributed by atoms with Crippen molar-refractivity contribution in [3.8, 4) is 5.75 Å². The van der Waals surface area contributed by atoms with Gasteiger partial charge in [0.1, 0.15) is 23.4 Å². The molecule has 0 saturated heterocycles. The van der Waals surface area contributed by atoms with Gasteiger partial charge in [-0.25, -0.2) is 17.2 Å². The van der Waals surface area contributed by atoms with Crippen molar-refractivity contribution in [3.63, 3.8) is 0 Å². The zero-order valence-corrected chi connectivity index (χ0v) is 17.4. The number of benzene rings is 2. The lowest BCUT2D eigenvalue weighted by Gasteiger charge is -2.24. The van der Waals surface area contributed by atoms with Crippen molar-refractivity contribution in [2.24, 2.45) is 5.92 Å². The smallest absolute Gasteiger partial charge is 0.241 e. The summed E-state index contributed by atoms with van der Waals surface area (Å²) in [5, 5.41) is 2.58. The summed E-state index contributed by atoms with van der Waals surface area (Å²) < 4.78 is 59.8. The third kappa shape index (κ3) is 5.74. The highest BCUT2D eigenvalue weighted by molar-refractivity contribution is 7.89. The van der Waals surface area contributed by atoms with Gasteiger partial charge in [0.15, 0.2) is 0 Å². The van der Waals surface area contributed by atoms with Gasteiger partial charge in [-0.2, -0.15) is 4.72 Å². The molecule has 0 aliphatic rings. The maximum absolute atomic E-state index is 14.0. The first-order chi connectivity index (χ1) is 13.5. The van der Waals surface area contributed by atoms with Gasteiger partial charge in [-0.15, -0.1) is 0 Å². The van der Waals surface area contributed by atoms with Crippen LogP contribution in [0.25, 0.3) is 0 Å². The largest absolute Gasteiger partial charge is 0.497 e. The highest BCUT2D eigenvalue weighted by Crippen LogP contribution is 2.20. The van der Waals surface area contributed by atoms with Crippen molar-refractivity contribution < 1.29 is 26.7 Å². The molecule has 0 aliphatic heterocycles. The molecule has 2 N–H and O–H groups in total. The number of methoxy groups -OCH3 is 1. The van der Waals surface area contributed by atoms with Crippen LogP contribution < -0.4 is 14.8 Å². The maximum Gasteiger partial charge on any atom is 0.241 e. The minimum Gasteiger partial charge on any atom is -0.497 e. The SMILES string of the molecule is COc1ccc(S(=O)(=O)NC(C(=O)NC(C)c2ccc(F)cc2F)C(C)C)cc1. The van der Waals surface area contributed by atoms with Crippen LogP contribution in [0.1, 0.15) is 32.4 Å². The molecule has 0 heterocycles. The van der Waals surface area contributed by atoms with Gasteiger partial charge in [0, 0.05) is 11.6 Å². The lowest BCUT2D eigenvalue weighted by Crippen LogP contribution is -2.50. The van der Waals surface area contributed by atoms with Gasteiger partial charge in [-0.3, -0.25) is 4.79 Å². The van der Waals surface area contributed by atoms with Gasteiger partial charge in [-0.1, -0.05) is 19.9 Å². The summed E-state index contributed by atoms with van der Waals surface area (Å²) in [5.41, 5.74) is 0.0975. The van der Waals surface area contributed by atoms with Crippen molar-refractivity contribution in [2.45, 2.75) is 37.8 Å². The number of amides is 1. The van der Waals surface area contributed by atoms with E-state index in [4.69, 9.17) is 4.74 Å². The van der Waals surface area contributed by atoms with Crippen LogP contribution in [0.15, 0.2) is 47.4 Å². The van der Waals surface area contributed by atoms with E-state index in [1.54, 1.807) is 13.8 Å². The number of hydrogen-bond donors (Lipinski definition) is 2. The number of ether oxygens (including phenoxy) is 1. The van der Waals surface area contributed by atoms with Crippen LogP contribution in [0.3, 0.4) is 0 Å². The monoisotopic (exact) mass is 426 g/mol. The van der Waals surface area contributed by atoms with E-state index in [-0.39, 0.29) is 16.4 Å². The first-order valence-electron chi connectivity index (χ1n) is 8.97. The van der Waals surface area contributed by atoms with Crippen LogP contribution in [0.4, 0.5) is 8.78 Å². The Morgan fingerprint density at radius 3 is 2.17 bits per heavy atom. The minimum absolute atomic E-state index is 0.0191. The van der Waals surface area contributed by atoms with Crippen LogP contribution in [0.2, 0.25) is 0 Å². The van der Waals surface area contributed by atoms with E-state index < -0.39 is 39.6 Å². The Labute approximate surface area is 169 Å². The average Bonchev–Trinajstić information content (AvgIpc) is 2.65. The van der Waals surface area contributed by atoms with Crippen LogP contribution in [0.5, 0.6) is 5.75 Å². The van der Waals surface area contributed by atoms with Crippen LogP contribution in [-0.4, -0.2) is 27.5 Å². The molecular formula is C20H24F2N2O4S. The number of hydrogen-bond acceptors (Lipinski definition) is 4. The second-order valence-electron chi connectivity index (χ2n) is 6.91. The topological polar surface area (TPSA) is 84.5 Å². The van der Waals surface area contributed by atoms with Crippen molar-refractivity contribution >= 4 is 15.9 Å². The van der Waals surface area contributed by atoms with Gasteiger partial charge in [0.2, 0.25) is 15.9 Å². The summed E-state index contributed by atoms with van der Waals surface area (Å²) >= 11 is 0. The molecule has 0 bridgehead atoms. The fourth-order valence-electron chi connectivity index (χ4n) is 2.72. The molecule has 29 heavy (non-hydrogen) atoms. The van der Waals surface area contributed by atoms with E-state index in [0.717, 1.165) is 12.1 Å². The van der Waals surface area contributed by atoms with Gasteiger partial charge in [-0.05, 0) is 43.2 Å². The summed E-state index contributed by atoms with van der Waals surface area (Å²) in [4.78, 5) is 12.7. The number of carbonyl (C=O) groups excluding carboxylic acids is 1. The molecular weight excluding hydrogens is 402 g/mol. The Balaban J connectivity index is 2.18. The molecule has 158 valence electrons. The summed E-state index contributed by atoms with van der Waals surface area (Å²) in [6.45, 7) is 4.90. The lowest BCUT2D eigenvalue weighted by molar-refractivity contribution is -0.124. The molecule has 0 spiro atoms. The summed E-state index contributed by atoms with van der Waals surface area (Å²) in [6.07, 6.45) is 0. The second kappa shape index (κ2) is 9.32. The average molecular weight is 426 g/mol. The zero-order valence-electron chi connectivity index (χ0n) is 16.6. The van der Waals surface area contributed by atoms with Crippen LogP contribution in [-0.2, 0) is 14.8 Å². The fraction of sp³-hybridized carbons (Fsp3) is 0.350. The second-order valence-corrected chi connectivity index (χ2v) is 8.63. The maximum atomic E-state index is 14.0. The molecule has 0 radical (unpaired) electrons. The van der Waals surface area contributed by atoms with Gasteiger partial charge in [0.25, 0.3) is 0 Å². The van der Waals surface area contributed by atoms with E-state index >= 15 is 0 Å². The number of rotatable bonds is 8. The summed E-state index contributed by atoms with van der Waals surface area (Å²) in [5.74, 6) is -2.02. The Morgan fingerprint density at radius 2 is 1.66 bits per heavy atom. The quantitative estimate of drug-likeness (QED) is 0.679. The minimum atomic E-state index is -3.98. The van der Waals surface area contributed by atoms with Crippen molar-refractivity contribution in [1.82, 2.24) is 10.0 Å². The first-order valence-corrected chi connectivity index (χ1v) is 10.4. The highest BCUT2D eigenvalue weighted by Gasteiger charge is 2.29. The van der Waals surface area contributed by atoms with Crippen molar-refractivity contribution in [3.05, 3.63) is 59.7 Å². The highest BCUT2D eigenvalue weighted by atomic mass is 32.2. The van der Waals surface area contributed by atoms with Crippen LogP contribution in [0, 0.1) is 17.6 Å². The van der Waals surface area contributed by atoms with Gasteiger partial charge >= 0.3 is 0 Å². The van der Waals surface area contributed by atoms with Crippen molar-refractivity contribution in [2.75, 3.05) is 7.11 Å². The zero-order chi connectivity index (χ0) is 21.8. The number of sulfonamides is 1. The van der Waals surface area contributed by atoms with Crippen LogP contribution >= 0.6 is 0 Å². The number of halogens is 2. The molecule has 0 aromatic heterocycles. The third-order valence-corrected chi connectivity index (χ3v) is 5.85. The van der Waals surface area contributed by atoms with E-state index in [1.807, 2.05) is 0 Å².